The van der Waals surface area contributed by atoms with E-state index in [2.05, 4.69) is 15.1 Å². The van der Waals surface area contributed by atoms with Gasteiger partial charge in [-0.3, -0.25) is 15.2 Å². The number of amides is 1. The number of amidine groups is 1. The van der Waals surface area contributed by atoms with E-state index in [0.29, 0.717) is 29.7 Å². The van der Waals surface area contributed by atoms with Crippen molar-refractivity contribution in [3.63, 3.8) is 0 Å². The number of nitrogens with zero attached hydrogens (tertiary/aromatic N) is 6. The Morgan fingerprint density at radius 1 is 1.22 bits per heavy atom. The fourth-order valence-electron chi connectivity index (χ4n) is 6.28. The van der Waals surface area contributed by atoms with Gasteiger partial charge in [0.05, 0.1) is 24.0 Å². The Balaban J connectivity index is 1.45. The third-order valence-electron chi connectivity index (χ3n) is 8.05. The van der Waals surface area contributed by atoms with Gasteiger partial charge in [-0.15, -0.1) is 0 Å². The number of anilines is 1. The van der Waals surface area contributed by atoms with E-state index >= 15 is 0 Å². The molecule has 6 rings (SSSR count). The van der Waals surface area contributed by atoms with Crippen LogP contribution in [0, 0.1) is 5.41 Å². The average molecular weight is 576 g/mol. The minimum absolute atomic E-state index is 0.0201. The molecule has 0 aliphatic carbocycles. The first-order chi connectivity index (χ1) is 19.6. The summed E-state index contributed by atoms with van der Waals surface area (Å²) in [5.74, 6) is -0.952. The predicted molar refractivity (Wildman–Crippen MR) is 153 cm³/mol. The van der Waals surface area contributed by atoms with Crippen LogP contribution in [-0.2, 0) is 21.2 Å². The summed E-state index contributed by atoms with van der Waals surface area (Å²) in [6, 6.07) is 7.12. The van der Waals surface area contributed by atoms with Crippen LogP contribution in [0.5, 0.6) is 0 Å². The molecule has 2 aliphatic rings. The molecule has 0 saturated carbocycles. The van der Waals surface area contributed by atoms with Gasteiger partial charge in [-0.1, -0.05) is 12.1 Å². The number of carbonyl (C=O) groups is 1. The zero-order chi connectivity index (χ0) is 29.1. The first kappa shape index (κ1) is 26.8. The number of rotatable bonds is 5. The van der Waals surface area contributed by atoms with Crippen molar-refractivity contribution in [3.05, 3.63) is 47.9 Å². The molecule has 4 aromatic rings. The van der Waals surface area contributed by atoms with Gasteiger partial charge in [0.1, 0.15) is 17.1 Å². The number of nitrogens with one attached hydrogen (secondary N) is 1. The van der Waals surface area contributed by atoms with Gasteiger partial charge in [-0.05, 0) is 43.4 Å². The molecule has 1 aromatic carbocycles. The summed E-state index contributed by atoms with van der Waals surface area (Å²) in [6.45, 7) is -0.0817. The normalized spacial score (nSPS) is 21.1. The number of sulfone groups is 1. The number of aliphatic hydroxyl groups is 1. The molecular formula is C27H29N9O4S. The van der Waals surface area contributed by atoms with Gasteiger partial charge in [0.15, 0.2) is 21.3 Å². The molecule has 1 amide bonds. The zero-order valence-electron chi connectivity index (χ0n) is 22.2. The topological polar surface area (TPSA) is 206 Å². The number of carbonyl (C=O) groups excluding carboxylic acids is 1. The second-order valence-electron chi connectivity index (χ2n) is 10.6. The summed E-state index contributed by atoms with van der Waals surface area (Å²) >= 11 is 0. The maximum absolute atomic E-state index is 13.0. The quantitative estimate of drug-likeness (QED) is 0.201. The highest BCUT2D eigenvalue weighted by molar-refractivity contribution is 7.91. The fraction of sp³-hybridized carbons (Fsp3) is 0.333. The molecule has 2 atom stereocenters. The Morgan fingerprint density at radius 3 is 2.61 bits per heavy atom. The Morgan fingerprint density at radius 2 is 1.95 bits per heavy atom. The number of aromatic nitrogens is 4. The van der Waals surface area contributed by atoms with Gasteiger partial charge in [-0.2, -0.15) is 9.61 Å². The van der Waals surface area contributed by atoms with E-state index in [1.54, 1.807) is 17.3 Å². The van der Waals surface area contributed by atoms with Crippen LogP contribution in [0.3, 0.4) is 0 Å². The van der Waals surface area contributed by atoms with Gasteiger partial charge in [-0.25, -0.2) is 18.4 Å². The first-order valence-corrected chi connectivity index (χ1v) is 15.0. The van der Waals surface area contributed by atoms with Crippen LogP contribution in [0.4, 0.5) is 5.82 Å². The van der Waals surface area contributed by atoms with Crippen LogP contribution in [0.25, 0.3) is 27.7 Å². The van der Waals surface area contributed by atoms with Crippen LogP contribution in [0.2, 0.25) is 0 Å². The third kappa shape index (κ3) is 4.48. The van der Waals surface area contributed by atoms with Crippen LogP contribution >= 0.6 is 0 Å². The molecule has 14 heteroatoms. The van der Waals surface area contributed by atoms with Crippen LogP contribution in [-0.4, -0.2) is 74.4 Å². The number of aliphatic hydroxyl groups excluding tert-OH is 1. The molecule has 2 saturated heterocycles. The molecule has 6 N–H and O–H groups in total. The Kier molecular flexibility index (Phi) is 6.46. The van der Waals surface area contributed by atoms with Gasteiger partial charge < -0.3 is 21.5 Å². The summed E-state index contributed by atoms with van der Waals surface area (Å²) in [7, 11) is -3.79. The lowest BCUT2D eigenvalue weighted by atomic mass is 9.87. The molecule has 5 heterocycles. The number of nitrogens with two attached hydrogens (primary N) is 2. The van der Waals surface area contributed by atoms with E-state index in [1.807, 2.05) is 24.3 Å². The number of nitrogen functional groups attached to an aromatic ring is 1. The summed E-state index contributed by atoms with van der Waals surface area (Å²) in [5, 5.41) is 21.8. The average Bonchev–Trinajstić information content (AvgIpc) is 3.49. The molecule has 212 valence electrons. The van der Waals surface area contributed by atoms with E-state index in [-0.39, 0.29) is 41.2 Å². The molecule has 0 radical (unpaired) electrons. The van der Waals surface area contributed by atoms with Crippen molar-refractivity contribution >= 4 is 50.3 Å². The largest absolute Gasteiger partial charge is 0.392 e. The van der Waals surface area contributed by atoms with E-state index < -0.39 is 15.7 Å². The number of fused-ring (bicyclic) bond motifs is 4. The highest BCUT2D eigenvalue weighted by Crippen LogP contribution is 2.45. The van der Waals surface area contributed by atoms with Crippen molar-refractivity contribution < 1.29 is 18.3 Å². The van der Waals surface area contributed by atoms with Gasteiger partial charge in [0, 0.05) is 47.0 Å². The summed E-state index contributed by atoms with van der Waals surface area (Å²) in [6.07, 6.45) is 7.59. The maximum Gasteiger partial charge on any atom is 0.289 e. The number of pyridine rings is 1. The summed E-state index contributed by atoms with van der Waals surface area (Å²) < 4.78 is 27.4. The van der Waals surface area contributed by atoms with E-state index in [1.165, 1.54) is 4.52 Å². The van der Waals surface area contributed by atoms with Crippen molar-refractivity contribution in [1.82, 2.24) is 24.5 Å². The second-order valence-corrected chi connectivity index (χ2v) is 12.5. The summed E-state index contributed by atoms with van der Waals surface area (Å²) in [4.78, 5) is 27.7. The molecule has 2 unspecified atom stereocenters. The molecule has 3 aromatic heterocycles. The van der Waals surface area contributed by atoms with Gasteiger partial charge >= 0.3 is 0 Å². The number of hydrogen-bond acceptors (Lipinski definition) is 9. The van der Waals surface area contributed by atoms with Crippen molar-refractivity contribution in [2.24, 2.45) is 10.7 Å². The van der Waals surface area contributed by atoms with E-state index in [4.69, 9.17) is 21.9 Å². The number of benzene rings is 1. The Hall–Kier alpha value is -4.43. The first-order valence-electron chi connectivity index (χ1n) is 13.1. The highest BCUT2D eigenvalue weighted by atomic mass is 32.2. The minimum atomic E-state index is -3.79. The molecule has 2 bridgehead atoms. The monoisotopic (exact) mass is 575 g/mol. The Bertz CT molecular complexity index is 1850. The van der Waals surface area contributed by atoms with Crippen molar-refractivity contribution in [2.75, 3.05) is 12.0 Å². The molecule has 2 aliphatic heterocycles. The SMILES string of the molecule is CS(=O)(=O)c1c(C2CC3CCC(C2)N3C(=O)C(N)=NC=N)nc2c(-c3cnc4cc(CO)ccc4c3)cnn2c1N. The third-order valence-corrected chi connectivity index (χ3v) is 9.21. The number of piperidine rings is 1. The maximum atomic E-state index is 13.0. The fourth-order valence-corrected chi connectivity index (χ4v) is 7.34. The number of aliphatic imine (C=N–C) groups is 1. The number of hydrogen-bond donors (Lipinski definition) is 4. The zero-order valence-corrected chi connectivity index (χ0v) is 23.0. The van der Waals surface area contributed by atoms with E-state index in [9.17, 15) is 18.3 Å². The predicted octanol–water partition coefficient (Wildman–Crippen LogP) is 1.62. The molecule has 41 heavy (non-hydrogen) atoms. The van der Waals surface area contributed by atoms with E-state index in [0.717, 1.165) is 47.5 Å². The molecular weight excluding hydrogens is 546 g/mol. The lowest BCUT2D eigenvalue weighted by Crippen LogP contribution is -2.50. The second kappa shape index (κ2) is 9.89. The lowest BCUT2D eigenvalue weighted by molar-refractivity contribution is -0.128. The minimum Gasteiger partial charge on any atom is -0.392 e. The van der Waals surface area contributed by atoms with Crippen molar-refractivity contribution in [3.8, 4) is 11.1 Å². The van der Waals surface area contributed by atoms with Gasteiger partial charge in [0.25, 0.3) is 5.91 Å². The summed E-state index contributed by atoms with van der Waals surface area (Å²) in [5.41, 5.74) is 15.9. The molecule has 13 nitrogen and oxygen atoms in total. The molecule has 2 fully saturated rings. The van der Waals surface area contributed by atoms with Crippen LogP contribution in [0.1, 0.15) is 42.9 Å². The highest BCUT2D eigenvalue weighted by Gasteiger charge is 2.46. The van der Waals surface area contributed by atoms with Crippen molar-refractivity contribution in [1.29, 1.82) is 5.41 Å². The van der Waals surface area contributed by atoms with Crippen LogP contribution < -0.4 is 11.5 Å². The lowest BCUT2D eigenvalue weighted by Gasteiger charge is -2.39. The van der Waals surface area contributed by atoms with Crippen LogP contribution in [0.15, 0.2) is 46.5 Å². The Labute approximate surface area is 235 Å². The smallest absolute Gasteiger partial charge is 0.289 e. The molecule has 0 spiro atoms. The van der Waals surface area contributed by atoms with Crippen molar-refractivity contribution in [2.45, 2.75) is 55.2 Å². The van der Waals surface area contributed by atoms with Gasteiger partial charge in [0.2, 0.25) is 0 Å². The standard InChI is InChI=1S/C27H29N9O4S/c1-41(39,40)23-22(16-8-18-4-5-19(9-16)35(18)27(38)24(29)32-13-28)34-26-20(11-33-36(26)25(23)30)17-7-15-3-2-14(12-37)6-21(15)31-10-17/h2-3,6-7,10-11,13,16,18-19,37H,4-5,8-9,12,30H2,1H3,(H3,28,29,32).